The number of nitrogens with zero attached hydrogens (tertiary/aromatic N) is 1. The molecule has 2 N–H and O–H groups in total. The van der Waals surface area contributed by atoms with Gasteiger partial charge in [0.1, 0.15) is 5.69 Å². The highest BCUT2D eigenvalue weighted by Crippen LogP contribution is 2.27. The molecule has 100 valence electrons. The van der Waals surface area contributed by atoms with Crippen molar-refractivity contribution in [3.05, 3.63) is 32.8 Å². The van der Waals surface area contributed by atoms with Gasteiger partial charge in [0, 0.05) is 23.7 Å². The number of unbranched alkanes of at least 4 members (excludes halogenated alkanes) is 3. The average molecular weight is 317 g/mol. The molecule has 0 spiro atoms. The molecule has 0 unspecified atom stereocenters. The van der Waals surface area contributed by atoms with Crippen LogP contribution in [0.15, 0.2) is 22.7 Å². The van der Waals surface area contributed by atoms with Crippen LogP contribution in [-0.2, 0) is 0 Å². The summed E-state index contributed by atoms with van der Waals surface area (Å²) in [6.07, 6.45) is 3.74. The van der Waals surface area contributed by atoms with Gasteiger partial charge < -0.3 is 10.4 Å². The van der Waals surface area contributed by atoms with Crippen LogP contribution in [0.5, 0.6) is 0 Å². The second-order valence-electron chi connectivity index (χ2n) is 3.98. The number of hydrogen-bond acceptors (Lipinski definition) is 4. The van der Waals surface area contributed by atoms with Crippen LogP contribution >= 0.6 is 15.9 Å². The molecule has 0 saturated heterocycles. The summed E-state index contributed by atoms with van der Waals surface area (Å²) in [5.41, 5.74) is 0.630. The van der Waals surface area contributed by atoms with E-state index in [0.717, 1.165) is 30.2 Å². The summed E-state index contributed by atoms with van der Waals surface area (Å²) in [7, 11) is 0. The standard InChI is InChI=1S/C12H17BrN2O3/c13-10-5-6-12(15(17)18)11(9-10)14-7-3-1-2-4-8-16/h5-6,9,14,16H,1-4,7-8H2. The molecule has 0 atom stereocenters. The Labute approximate surface area is 114 Å². The van der Waals surface area contributed by atoms with E-state index in [-0.39, 0.29) is 17.2 Å². The Morgan fingerprint density at radius 2 is 2.00 bits per heavy atom. The summed E-state index contributed by atoms with van der Waals surface area (Å²) >= 11 is 3.30. The molecule has 0 amide bonds. The first kappa shape index (κ1) is 14.9. The van der Waals surface area contributed by atoms with E-state index in [1.165, 1.54) is 6.07 Å². The van der Waals surface area contributed by atoms with E-state index in [2.05, 4.69) is 21.2 Å². The van der Waals surface area contributed by atoms with Crippen molar-refractivity contribution in [3.8, 4) is 0 Å². The lowest BCUT2D eigenvalue weighted by Crippen LogP contribution is -2.04. The molecule has 5 nitrogen and oxygen atoms in total. The van der Waals surface area contributed by atoms with Gasteiger partial charge in [-0.1, -0.05) is 28.8 Å². The fourth-order valence-corrected chi connectivity index (χ4v) is 1.98. The van der Waals surface area contributed by atoms with Crippen LogP contribution in [0.25, 0.3) is 0 Å². The molecule has 0 heterocycles. The van der Waals surface area contributed by atoms with Crippen LogP contribution < -0.4 is 5.32 Å². The molecule has 0 aliphatic carbocycles. The highest BCUT2D eigenvalue weighted by molar-refractivity contribution is 9.10. The normalized spacial score (nSPS) is 10.3. The Bertz CT molecular complexity index is 399. The van der Waals surface area contributed by atoms with E-state index >= 15 is 0 Å². The topological polar surface area (TPSA) is 75.4 Å². The van der Waals surface area contributed by atoms with E-state index < -0.39 is 0 Å². The highest BCUT2D eigenvalue weighted by Gasteiger charge is 2.12. The molecule has 0 aromatic heterocycles. The van der Waals surface area contributed by atoms with E-state index in [9.17, 15) is 10.1 Å². The van der Waals surface area contributed by atoms with Gasteiger partial charge in [0.05, 0.1) is 4.92 Å². The molecule has 0 bridgehead atoms. The van der Waals surface area contributed by atoms with E-state index in [1.807, 2.05) is 0 Å². The number of aliphatic hydroxyl groups excluding tert-OH is 1. The predicted molar refractivity (Wildman–Crippen MR) is 74.8 cm³/mol. The minimum atomic E-state index is -0.388. The van der Waals surface area contributed by atoms with E-state index in [4.69, 9.17) is 5.11 Å². The van der Waals surface area contributed by atoms with Crippen molar-refractivity contribution in [2.75, 3.05) is 18.5 Å². The number of nitro benzene ring substituents is 1. The maximum absolute atomic E-state index is 10.8. The maximum atomic E-state index is 10.8. The second kappa shape index (κ2) is 8.05. The Kier molecular flexibility index (Phi) is 6.67. The van der Waals surface area contributed by atoms with Gasteiger partial charge in [0.25, 0.3) is 5.69 Å². The lowest BCUT2D eigenvalue weighted by Gasteiger charge is -2.07. The van der Waals surface area contributed by atoms with Crippen molar-refractivity contribution in [2.24, 2.45) is 0 Å². The lowest BCUT2D eigenvalue weighted by molar-refractivity contribution is -0.384. The number of aliphatic hydroxyl groups is 1. The van der Waals surface area contributed by atoms with Gasteiger partial charge >= 0.3 is 0 Å². The van der Waals surface area contributed by atoms with E-state index in [1.54, 1.807) is 12.1 Å². The maximum Gasteiger partial charge on any atom is 0.292 e. The second-order valence-corrected chi connectivity index (χ2v) is 4.90. The Balaban J connectivity index is 2.45. The van der Waals surface area contributed by atoms with Crippen LogP contribution in [0.1, 0.15) is 25.7 Å². The third-order valence-corrected chi connectivity index (χ3v) is 3.05. The number of nitro groups is 1. The largest absolute Gasteiger partial charge is 0.396 e. The average Bonchev–Trinajstić information content (AvgIpc) is 2.33. The van der Waals surface area contributed by atoms with Crippen molar-refractivity contribution in [2.45, 2.75) is 25.7 Å². The number of rotatable bonds is 8. The molecular formula is C12H17BrN2O3. The molecular weight excluding hydrogens is 300 g/mol. The number of anilines is 1. The molecule has 0 aliphatic heterocycles. The highest BCUT2D eigenvalue weighted by atomic mass is 79.9. The molecule has 0 aliphatic rings. The minimum Gasteiger partial charge on any atom is -0.396 e. The lowest BCUT2D eigenvalue weighted by atomic mass is 10.2. The van der Waals surface area contributed by atoms with Crippen LogP contribution in [0.2, 0.25) is 0 Å². The van der Waals surface area contributed by atoms with Gasteiger partial charge in [-0.05, 0) is 25.0 Å². The van der Waals surface area contributed by atoms with Crippen molar-refractivity contribution in [1.82, 2.24) is 0 Å². The van der Waals surface area contributed by atoms with Gasteiger partial charge in [0.15, 0.2) is 0 Å². The Hall–Kier alpha value is -1.14. The fraction of sp³-hybridized carbons (Fsp3) is 0.500. The smallest absolute Gasteiger partial charge is 0.292 e. The van der Waals surface area contributed by atoms with Gasteiger partial charge in [-0.25, -0.2) is 0 Å². The number of nitrogens with one attached hydrogen (secondary N) is 1. The first-order chi connectivity index (χ1) is 8.65. The molecule has 1 aromatic rings. The first-order valence-electron chi connectivity index (χ1n) is 5.94. The predicted octanol–water partition coefficient (Wildman–Crippen LogP) is 3.32. The zero-order valence-corrected chi connectivity index (χ0v) is 11.6. The SMILES string of the molecule is O=[N+]([O-])c1ccc(Br)cc1NCCCCCCO. The van der Waals surface area contributed by atoms with Gasteiger partial charge in [-0.15, -0.1) is 0 Å². The van der Waals surface area contributed by atoms with Crippen LogP contribution in [0, 0.1) is 10.1 Å². The fourth-order valence-electron chi connectivity index (χ4n) is 1.62. The quantitative estimate of drug-likeness (QED) is 0.438. The summed E-state index contributed by atoms with van der Waals surface area (Å²) in [5.74, 6) is 0. The van der Waals surface area contributed by atoms with Gasteiger partial charge in [-0.2, -0.15) is 0 Å². The van der Waals surface area contributed by atoms with Crippen LogP contribution in [0.3, 0.4) is 0 Å². The Morgan fingerprint density at radius 3 is 2.67 bits per heavy atom. The molecule has 1 aromatic carbocycles. The van der Waals surface area contributed by atoms with Gasteiger partial charge in [0.2, 0.25) is 0 Å². The molecule has 0 fully saturated rings. The zero-order valence-electron chi connectivity index (χ0n) is 10.1. The number of benzene rings is 1. The van der Waals surface area contributed by atoms with Gasteiger partial charge in [-0.3, -0.25) is 10.1 Å². The number of halogens is 1. The molecule has 6 heteroatoms. The van der Waals surface area contributed by atoms with Crippen molar-refractivity contribution in [1.29, 1.82) is 0 Å². The van der Waals surface area contributed by atoms with Crippen LogP contribution in [-0.4, -0.2) is 23.2 Å². The monoisotopic (exact) mass is 316 g/mol. The third kappa shape index (κ3) is 5.01. The first-order valence-corrected chi connectivity index (χ1v) is 6.73. The Morgan fingerprint density at radius 1 is 1.28 bits per heavy atom. The third-order valence-electron chi connectivity index (χ3n) is 2.56. The summed E-state index contributed by atoms with van der Waals surface area (Å²) in [4.78, 5) is 10.4. The van der Waals surface area contributed by atoms with E-state index in [0.29, 0.717) is 12.2 Å². The van der Waals surface area contributed by atoms with Crippen molar-refractivity contribution in [3.63, 3.8) is 0 Å². The summed E-state index contributed by atoms with van der Waals surface area (Å²) in [6.45, 7) is 0.924. The minimum absolute atomic E-state index is 0.0913. The van der Waals surface area contributed by atoms with Crippen molar-refractivity contribution >= 4 is 27.3 Å². The zero-order chi connectivity index (χ0) is 13.4. The summed E-state index contributed by atoms with van der Waals surface area (Å²) in [6, 6.07) is 4.86. The molecule has 0 saturated carbocycles. The van der Waals surface area contributed by atoms with Crippen molar-refractivity contribution < 1.29 is 10.0 Å². The molecule has 18 heavy (non-hydrogen) atoms. The molecule has 0 radical (unpaired) electrons. The number of hydrogen-bond donors (Lipinski definition) is 2. The molecule has 1 rings (SSSR count). The summed E-state index contributed by atoms with van der Waals surface area (Å²) < 4.78 is 0.816. The van der Waals surface area contributed by atoms with Crippen LogP contribution in [0.4, 0.5) is 11.4 Å². The summed E-state index contributed by atoms with van der Waals surface area (Å²) in [5, 5.41) is 22.5.